The van der Waals surface area contributed by atoms with E-state index in [0.717, 1.165) is 4.75 Å². The first-order valence-corrected chi connectivity index (χ1v) is 6.83. The Kier molecular flexibility index (Phi) is 2.58. The summed E-state index contributed by atoms with van der Waals surface area (Å²) < 4.78 is 2.78. The zero-order chi connectivity index (χ0) is 6.69. The molecule has 0 amide bonds. The van der Waals surface area contributed by atoms with Crippen molar-refractivity contribution in [2.45, 2.75) is 25.0 Å². The van der Waals surface area contributed by atoms with Gasteiger partial charge in [0.05, 0.1) is 0 Å². The number of allylic oxidation sites excluding steroid dienone is 4. The van der Waals surface area contributed by atoms with Crippen molar-refractivity contribution >= 4 is 15.4 Å². The van der Waals surface area contributed by atoms with Gasteiger partial charge in [-0.25, -0.2) is 0 Å². The minimum absolute atomic E-state index is 0.281. The second-order valence-corrected chi connectivity index (χ2v) is 9.24. The summed E-state index contributed by atoms with van der Waals surface area (Å²) in [7, 11) is 0. The van der Waals surface area contributed by atoms with Crippen LogP contribution in [0.25, 0.3) is 0 Å². The first kappa shape index (κ1) is 7.13. The molecule has 0 spiro atoms. The Morgan fingerprint density at radius 1 is 1.56 bits per heavy atom. The van der Waals surface area contributed by atoms with Crippen molar-refractivity contribution in [2.75, 3.05) is 0 Å². The quantitative estimate of drug-likeness (QED) is 0.572. The number of hydrogen-bond donors (Lipinski definition) is 0. The maximum absolute atomic E-state index is 2.35. The monoisotopic (exact) mass is 184 g/mol. The minimum atomic E-state index is -0.281. The van der Waals surface area contributed by atoms with Gasteiger partial charge in [-0.15, -0.1) is 0 Å². The molecule has 9 heavy (non-hydrogen) atoms. The Labute approximate surface area is 63.5 Å². The molecule has 1 aliphatic carbocycles. The Bertz CT molecular complexity index is 143. The van der Waals surface area contributed by atoms with Gasteiger partial charge < -0.3 is 0 Å². The Morgan fingerprint density at radius 2 is 2.33 bits per heavy atom. The second-order valence-electron chi connectivity index (χ2n) is 3.06. The molecule has 0 atom stereocenters. The fourth-order valence-electron chi connectivity index (χ4n) is 1.17. The van der Waals surface area contributed by atoms with Gasteiger partial charge >= 0.3 is 63.1 Å². The molecular weight excluding hydrogens is 169 g/mol. The van der Waals surface area contributed by atoms with Crippen molar-refractivity contribution < 1.29 is 0 Å². The summed E-state index contributed by atoms with van der Waals surface area (Å²) in [6.07, 6.45) is 8.06. The first-order chi connectivity index (χ1) is 4.29. The molecule has 0 saturated carbocycles. The van der Waals surface area contributed by atoms with Crippen molar-refractivity contribution in [3.63, 3.8) is 0 Å². The van der Waals surface area contributed by atoms with Gasteiger partial charge in [0.15, 0.2) is 0 Å². The van der Waals surface area contributed by atoms with Crippen LogP contribution in [-0.4, -0.2) is 15.4 Å². The van der Waals surface area contributed by atoms with Crippen LogP contribution in [0.1, 0.15) is 20.3 Å². The molecule has 0 N–H and O–H groups in total. The molecule has 50 valence electrons. The van der Waals surface area contributed by atoms with Crippen LogP contribution in [0.5, 0.6) is 0 Å². The third kappa shape index (κ3) is 2.40. The van der Waals surface area contributed by atoms with Crippen LogP contribution in [0.4, 0.5) is 0 Å². The molecule has 1 aliphatic rings. The number of hydrogen-bond acceptors (Lipinski definition) is 0. The molecule has 0 aromatic carbocycles. The molecule has 0 bridgehead atoms. The predicted molar refractivity (Wildman–Crippen MR) is 45.5 cm³/mol. The molecule has 0 aromatic heterocycles. The zero-order valence-corrected chi connectivity index (χ0v) is 9.19. The van der Waals surface area contributed by atoms with Crippen LogP contribution in [0.3, 0.4) is 0 Å². The van der Waals surface area contributed by atoms with Crippen LogP contribution < -0.4 is 0 Å². The van der Waals surface area contributed by atoms with E-state index in [1.54, 1.807) is 4.41 Å². The average Bonchev–Trinajstić information content (AvgIpc) is 2.15. The summed E-state index contributed by atoms with van der Waals surface area (Å²) in [4.78, 5) is 0. The van der Waals surface area contributed by atoms with E-state index >= 15 is 0 Å². The predicted octanol–water partition coefficient (Wildman–Crippen LogP) is 1.83. The molecule has 0 saturated heterocycles. The topological polar surface area (TPSA) is 0 Å². The van der Waals surface area contributed by atoms with Gasteiger partial charge in [0.2, 0.25) is 0 Å². The fourth-order valence-corrected chi connectivity index (χ4v) is 4.64. The molecule has 0 aromatic rings. The molecule has 0 heterocycles. The molecule has 0 fully saturated rings. The average molecular weight is 183 g/mol. The fraction of sp³-hybridized carbons (Fsp3) is 0.500. The standard InChI is InChI=1S/C8H14Ge/c1-7(2)9-8-5-3-4-6-8/h3-5,7H,6,9H2,1-2H3. The van der Waals surface area contributed by atoms with Gasteiger partial charge in [0, 0.05) is 0 Å². The molecule has 0 radical (unpaired) electrons. The Morgan fingerprint density at radius 3 is 2.78 bits per heavy atom. The van der Waals surface area contributed by atoms with E-state index in [-0.39, 0.29) is 15.4 Å². The third-order valence-electron chi connectivity index (χ3n) is 1.52. The normalized spacial score (nSPS) is 18.3. The summed E-state index contributed by atoms with van der Waals surface area (Å²) in [5.74, 6) is 0. The summed E-state index contributed by atoms with van der Waals surface area (Å²) in [5, 5.41) is 0. The van der Waals surface area contributed by atoms with E-state index in [0.29, 0.717) is 0 Å². The molecule has 0 unspecified atom stereocenters. The van der Waals surface area contributed by atoms with Crippen molar-refractivity contribution in [1.29, 1.82) is 0 Å². The molecule has 1 heteroatoms. The van der Waals surface area contributed by atoms with E-state index in [1.165, 1.54) is 6.42 Å². The van der Waals surface area contributed by atoms with Crippen LogP contribution in [0.2, 0.25) is 4.75 Å². The Hall–Kier alpha value is 0.0229. The van der Waals surface area contributed by atoms with Crippen LogP contribution in [0.15, 0.2) is 22.6 Å². The van der Waals surface area contributed by atoms with Crippen molar-refractivity contribution in [3.8, 4) is 0 Å². The van der Waals surface area contributed by atoms with E-state index in [2.05, 4.69) is 32.1 Å². The number of rotatable bonds is 2. The van der Waals surface area contributed by atoms with Crippen molar-refractivity contribution in [1.82, 2.24) is 0 Å². The zero-order valence-electron chi connectivity index (χ0n) is 6.22. The van der Waals surface area contributed by atoms with Crippen LogP contribution >= 0.6 is 0 Å². The summed E-state index contributed by atoms with van der Waals surface area (Å²) >= 11 is -0.281. The van der Waals surface area contributed by atoms with Crippen molar-refractivity contribution in [3.05, 3.63) is 22.6 Å². The van der Waals surface area contributed by atoms with Gasteiger partial charge in [-0.05, 0) is 0 Å². The van der Waals surface area contributed by atoms with E-state index in [4.69, 9.17) is 0 Å². The third-order valence-corrected chi connectivity index (χ3v) is 5.43. The van der Waals surface area contributed by atoms with E-state index in [9.17, 15) is 0 Å². The second kappa shape index (κ2) is 3.26. The van der Waals surface area contributed by atoms with Gasteiger partial charge in [-0.1, -0.05) is 0 Å². The maximum atomic E-state index is 2.35. The summed E-state index contributed by atoms with van der Waals surface area (Å²) in [5.41, 5.74) is 0. The van der Waals surface area contributed by atoms with Crippen LogP contribution in [-0.2, 0) is 0 Å². The van der Waals surface area contributed by atoms with E-state index < -0.39 is 0 Å². The molecule has 0 nitrogen and oxygen atoms in total. The summed E-state index contributed by atoms with van der Waals surface area (Å²) in [6, 6.07) is 0. The summed E-state index contributed by atoms with van der Waals surface area (Å²) in [6.45, 7) is 4.69. The first-order valence-electron chi connectivity index (χ1n) is 3.63. The molecule has 1 rings (SSSR count). The SMILES string of the molecule is C[CH](C)[GeH2][C]1=CC=CC1. The van der Waals surface area contributed by atoms with Gasteiger partial charge in [-0.3, -0.25) is 0 Å². The Balaban J connectivity index is 2.30. The van der Waals surface area contributed by atoms with E-state index in [1.807, 2.05) is 0 Å². The van der Waals surface area contributed by atoms with Crippen LogP contribution in [0, 0.1) is 0 Å². The van der Waals surface area contributed by atoms with Gasteiger partial charge in [0.1, 0.15) is 0 Å². The van der Waals surface area contributed by atoms with Gasteiger partial charge in [0.25, 0.3) is 0 Å². The molecular formula is C8H14Ge. The van der Waals surface area contributed by atoms with Gasteiger partial charge in [-0.2, -0.15) is 0 Å². The van der Waals surface area contributed by atoms with Crippen molar-refractivity contribution in [2.24, 2.45) is 0 Å². The molecule has 0 aliphatic heterocycles.